The molecule has 0 saturated carbocycles. The number of ether oxygens (including phenoxy) is 2. The summed E-state index contributed by atoms with van der Waals surface area (Å²) in [4.78, 5) is 13.1. The molecule has 1 aromatic rings. The Morgan fingerprint density at radius 1 is 1.14 bits per heavy atom. The van der Waals surface area contributed by atoms with E-state index in [1.807, 2.05) is 13.8 Å². The molecule has 212 valence electrons. The maximum atomic E-state index is 13.1. The smallest absolute Gasteiger partial charge is 0.223 e. The number of amides is 1. The Labute approximate surface area is 225 Å². The molecule has 0 bridgehead atoms. The third kappa shape index (κ3) is 10.9. The van der Waals surface area contributed by atoms with Gasteiger partial charge in [-0.3, -0.25) is 4.79 Å². The predicted octanol–water partition coefficient (Wildman–Crippen LogP) is 3.83. The molecule has 1 saturated heterocycles. The Hall–Kier alpha value is -1.67. The highest BCUT2D eigenvalue weighted by atomic mass is 16.5. The summed E-state index contributed by atoms with van der Waals surface area (Å²) in [6.45, 7) is 13.8. The third-order valence-electron chi connectivity index (χ3n) is 7.84. The minimum atomic E-state index is -0.717. The van der Waals surface area contributed by atoms with Crippen molar-refractivity contribution < 1.29 is 19.4 Å². The molecule has 0 aromatic heterocycles. The third-order valence-corrected chi connectivity index (χ3v) is 7.84. The molecule has 0 unspecified atom stereocenters. The summed E-state index contributed by atoms with van der Waals surface area (Å²) in [5, 5.41) is 17.6. The highest BCUT2D eigenvalue weighted by Gasteiger charge is 2.31. The van der Waals surface area contributed by atoms with Crippen LogP contribution in [0.5, 0.6) is 5.75 Å². The van der Waals surface area contributed by atoms with Crippen LogP contribution in [0.3, 0.4) is 0 Å². The van der Waals surface area contributed by atoms with Gasteiger partial charge in [-0.2, -0.15) is 0 Å². The van der Waals surface area contributed by atoms with E-state index in [1.165, 1.54) is 5.56 Å². The first-order valence-electron chi connectivity index (χ1n) is 14.3. The average Bonchev–Trinajstić information content (AvgIpc) is 2.86. The maximum absolute atomic E-state index is 13.1. The summed E-state index contributed by atoms with van der Waals surface area (Å²) < 4.78 is 11.1. The van der Waals surface area contributed by atoms with E-state index >= 15 is 0 Å². The highest BCUT2D eigenvalue weighted by molar-refractivity contribution is 5.79. The summed E-state index contributed by atoms with van der Waals surface area (Å²) >= 11 is 0. The molecular weight excluding hydrogens is 466 g/mol. The number of hydrogen-bond acceptors (Lipinski definition) is 6. The molecule has 4 atom stereocenters. The molecule has 1 amide bonds. The number of aliphatic hydroxyl groups excluding tert-OH is 1. The van der Waals surface area contributed by atoms with E-state index in [2.05, 4.69) is 49.6 Å². The Morgan fingerprint density at radius 3 is 2.46 bits per heavy atom. The van der Waals surface area contributed by atoms with Crippen LogP contribution in [0.1, 0.15) is 70.9 Å². The van der Waals surface area contributed by atoms with Crippen LogP contribution < -0.4 is 21.1 Å². The summed E-state index contributed by atoms with van der Waals surface area (Å²) in [7, 11) is 1.70. The molecule has 5 N–H and O–H groups in total. The lowest BCUT2D eigenvalue weighted by Gasteiger charge is -2.31. The molecule has 0 radical (unpaired) electrons. The van der Waals surface area contributed by atoms with Crippen LogP contribution in [0.25, 0.3) is 0 Å². The van der Waals surface area contributed by atoms with Crippen LogP contribution in [-0.2, 0) is 16.0 Å². The number of piperidine rings is 1. The minimum Gasteiger partial charge on any atom is -0.493 e. The van der Waals surface area contributed by atoms with E-state index in [-0.39, 0.29) is 29.8 Å². The first-order chi connectivity index (χ1) is 17.6. The lowest BCUT2D eigenvalue weighted by Crippen LogP contribution is -2.47. The zero-order valence-electron chi connectivity index (χ0n) is 24.1. The number of nitrogens with one attached hydrogen (secondary N) is 2. The van der Waals surface area contributed by atoms with Crippen LogP contribution in [0.15, 0.2) is 18.2 Å². The second kappa shape index (κ2) is 16.3. The molecule has 1 fully saturated rings. The van der Waals surface area contributed by atoms with Crippen molar-refractivity contribution in [2.45, 2.75) is 91.3 Å². The molecule has 1 heterocycles. The van der Waals surface area contributed by atoms with Gasteiger partial charge >= 0.3 is 0 Å². The minimum absolute atomic E-state index is 0.0474. The van der Waals surface area contributed by atoms with E-state index in [4.69, 9.17) is 15.2 Å². The second-order valence-electron chi connectivity index (χ2n) is 11.6. The van der Waals surface area contributed by atoms with Gasteiger partial charge in [0, 0.05) is 38.1 Å². The summed E-state index contributed by atoms with van der Waals surface area (Å²) in [5.74, 6) is 1.58. The number of aryl methyl sites for hydroxylation is 1. The second-order valence-corrected chi connectivity index (χ2v) is 11.6. The summed E-state index contributed by atoms with van der Waals surface area (Å²) in [6.07, 6.45) is 4.01. The normalized spacial score (nSPS) is 18.0. The SMILES string of the molecule is COCCCOc1cc(C[C@@H](C[C@H](N)[C@@H](O)C[C@H](C(=O)NC2CCNCC2)C(C)C)C(C)C)ccc1C. The van der Waals surface area contributed by atoms with Crippen LogP contribution in [0.2, 0.25) is 0 Å². The lowest BCUT2D eigenvalue weighted by molar-refractivity contribution is -0.128. The number of carbonyl (C=O) groups excluding carboxylic acids is 1. The fourth-order valence-corrected chi connectivity index (χ4v) is 5.10. The average molecular weight is 520 g/mol. The van der Waals surface area contributed by atoms with E-state index in [0.717, 1.165) is 50.1 Å². The molecular formula is C30H53N3O4. The number of benzene rings is 1. The number of hydrogen-bond donors (Lipinski definition) is 4. The van der Waals surface area contributed by atoms with Crippen molar-refractivity contribution in [1.29, 1.82) is 0 Å². The predicted molar refractivity (Wildman–Crippen MR) is 151 cm³/mol. The molecule has 7 heteroatoms. The highest BCUT2D eigenvalue weighted by Crippen LogP contribution is 2.28. The lowest BCUT2D eigenvalue weighted by atomic mass is 9.80. The molecule has 0 aliphatic carbocycles. The van der Waals surface area contributed by atoms with Gasteiger partial charge < -0.3 is 30.9 Å². The molecule has 1 aliphatic rings. The van der Waals surface area contributed by atoms with Gasteiger partial charge in [-0.1, -0.05) is 39.8 Å². The Morgan fingerprint density at radius 2 is 1.84 bits per heavy atom. The molecule has 1 aromatic carbocycles. The maximum Gasteiger partial charge on any atom is 0.223 e. The number of rotatable bonds is 16. The van der Waals surface area contributed by atoms with Gasteiger partial charge in [0.25, 0.3) is 0 Å². The quantitative estimate of drug-likeness (QED) is 0.247. The van der Waals surface area contributed by atoms with E-state index in [9.17, 15) is 9.90 Å². The van der Waals surface area contributed by atoms with Crippen molar-refractivity contribution in [2.24, 2.45) is 29.4 Å². The largest absolute Gasteiger partial charge is 0.493 e. The van der Waals surface area contributed by atoms with Gasteiger partial charge in [0.05, 0.1) is 12.7 Å². The molecule has 2 rings (SSSR count). The fraction of sp³-hybridized carbons (Fsp3) is 0.767. The summed E-state index contributed by atoms with van der Waals surface area (Å²) in [5.41, 5.74) is 8.90. The van der Waals surface area contributed by atoms with Gasteiger partial charge in [0.15, 0.2) is 0 Å². The van der Waals surface area contributed by atoms with Crippen LogP contribution in [0, 0.1) is 30.6 Å². The first-order valence-corrected chi connectivity index (χ1v) is 14.3. The molecule has 7 nitrogen and oxygen atoms in total. The molecule has 0 spiro atoms. The fourth-order valence-electron chi connectivity index (χ4n) is 5.10. The van der Waals surface area contributed by atoms with Crippen LogP contribution in [0.4, 0.5) is 0 Å². The number of nitrogens with two attached hydrogens (primary N) is 1. The Bertz CT molecular complexity index is 795. The van der Waals surface area contributed by atoms with Gasteiger partial charge in [0.2, 0.25) is 5.91 Å². The van der Waals surface area contributed by atoms with Gasteiger partial charge in [0.1, 0.15) is 5.75 Å². The number of carbonyl (C=O) groups is 1. The van der Waals surface area contributed by atoms with Crippen molar-refractivity contribution in [3.63, 3.8) is 0 Å². The molecule has 1 aliphatic heterocycles. The van der Waals surface area contributed by atoms with Gasteiger partial charge in [-0.25, -0.2) is 0 Å². The van der Waals surface area contributed by atoms with Crippen molar-refractivity contribution in [1.82, 2.24) is 10.6 Å². The van der Waals surface area contributed by atoms with E-state index < -0.39 is 6.10 Å². The summed E-state index contributed by atoms with van der Waals surface area (Å²) in [6, 6.07) is 6.25. The standard InChI is InChI=1S/C30H53N3O4/c1-20(2)24(16-23-9-8-22(5)29(17-23)37-15-7-14-36-6)18-27(31)28(34)19-26(21(3)4)30(35)33-25-10-12-32-13-11-25/h8-9,17,20-21,24-28,32,34H,7,10-16,18-19,31H2,1-6H3,(H,33,35)/t24-,26-,27-,28-/m0/s1. The van der Waals surface area contributed by atoms with Gasteiger partial charge in [-0.15, -0.1) is 0 Å². The zero-order valence-corrected chi connectivity index (χ0v) is 24.1. The molecule has 37 heavy (non-hydrogen) atoms. The number of aliphatic hydroxyl groups is 1. The first kappa shape index (κ1) is 31.5. The van der Waals surface area contributed by atoms with E-state index in [0.29, 0.717) is 37.9 Å². The van der Waals surface area contributed by atoms with Crippen LogP contribution in [-0.4, -0.2) is 62.6 Å². The van der Waals surface area contributed by atoms with Crippen molar-refractivity contribution >= 4 is 5.91 Å². The monoisotopic (exact) mass is 519 g/mol. The van der Waals surface area contributed by atoms with Crippen LogP contribution >= 0.6 is 0 Å². The van der Waals surface area contributed by atoms with Crippen molar-refractivity contribution in [3.05, 3.63) is 29.3 Å². The van der Waals surface area contributed by atoms with E-state index in [1.54, 1.807) is 7.11 Å². The number of methoxy groups -OCH3 is 1. The Balaban J connectivity index is 1.97. The van der Waals surface area contributed by atoms with Crippen molar-refractivity contribution in [3.8, 4) is 5.75 Å². The van der Waals surface area contributed by atoms with Gasteiger partial charge in [-0.05, 0) is 87.1 Å². The van der Waals surface area contributed by atoms with Crippen molar-refractivity contribution in [2.75, 3.05) is 33.4 Å². The zero-order chi connectivity index (χ0) is 27.4. The topological polar surface area (TPSA) is 106 Å². The Kier molecular flexibility index (Phi) is 13.9.